The number of nitriles is 1. The Morgan fingerprint density at radius 1 is 1.26 bits per heavy atom. The minimum atomic E-state index is -0.875. The van der Waals surface area contributed by atoms with Gasteiger partial charge in [0.25, 0.3) is 0 Å². The Morgan fingerprint density at radius 3 is 2.57 bits per heavy atom. The lowest BCUT2D eigenvalue weighted by molar-refractivity contribution is -0.273. The summed E-state index contributed by atoms with van der Waals surface area (Å²) in [4.78, 5) is 20.9. The maximum atomic E-state index is 11.5. The first-order valence-corrected chi connectivity index (χ1v) is 7.84. The molecule has 0 aromatic heterocycles. The number of hydrogen-bond acceptors (Lipinski definition) is 5. The highest BCUT2D eigenvalue weighted by molar-refractivity contribution is 6.42. The van der Waals surface area contributed by atoms with Crippen LogP contribution in [0.5, 0.6) is 0 Å². The molecular formula is C16H19Cl2NO4. The molecule has 0 heterocycles. The molecule has 0 saturated heterocycles. The quantitative estimate of drug-likeness (QED) is 0.287. The number of halogens is 2. The average molecular weight is 360 g/mol. The van der Waals surface area contributed by atoms with Crippen molar-refractivity contribution in [3.8, 4) is 6.07 Å². The number of esters is 1. The molecule has 126 valence electrons. The molecular weight excluding hydrogens is 341 g/mol. The highest BCUT2D eigenvalue weighted by Crippen LogP contribution is 2.37. The summed E-state index contributed by atoms with van der Waals surface area (Å²) >= 11 is 12.0. The highest BCUT2D eigenvalue weighted by Gasteiger charge is 2.33. The van der Waals surface area contributed by atoms with Gasteiger partial charge in [-0.15, -0.1) is 0 Å². The van der Waals surface area contributed by atoms with Crippen LogP contribution >= 0.6 is 23.2 Å². The Bertz CT molecular complexity index is 574. The Kier molecular flexibility index (Phi) is 8.35. The van der Waals surface area contributed by atoms with Gasteiger partial charge in [-0.05, 0) is 37.0 Å². The van der Waals surface area contributed by atoms with Gasteiger partial charge >= 0.3 is 5.97 Å². The van der Waals surface area contributed by atoms with E-state index in [0.717, 1.165) is 5.56 Å². The van der Waals surface area contributed by atoms with Crippen LogP contribution < -0.4 is 0 Å². The monoisotopic (exact) mass is 359 g/mol. The standard InChI is InChI=1S/C16H19Cl2NO4/c1-21-15(20)6-8-16(11-19,7-3-9-23-22-2)12-4-5-13(17)14(18)10-12/h4-5,10H,3,6-9H2,1-2H3. The molecule has 0 amide bonds. The van der Waals surface area contributed by atoms with Crippen LogP contribution in [-0.4, -0.2) is 26.8 Å². The van der Waals surface area contributed by atoms with Gasteiger partial charge in [0.05, 0.1) is 42.4 Å². The summed E-state index contributed by atoms with van der Waals surface area (Å²) in [6.45, 7) is 0.347. The number of rotatable bonds is 9. The van der Waals surface area contributed by atoms with Crippen LogP contribution in [0, 0.1) is 11.3 Å². The topological polar surface area (TPSA) is 68.5 Å². The van der Waals surface area contributed by atoms with Crippen LogP contribution in [0.3, 0.4) is 0 Å². The van der Waals surface area contributed by atoms with Gasteiger partial charge in [-0.1, -0.05) is 29.3 Å². The minimum absolute atomic E-state index is 0.134. The summed E-state index contributed by atoms with van der Waals surface area (Å²) < 4.78 is 4.67. The summed E-state index contributed by atoms with van der Waals surface area (Å²) in [5.41, 5.74) is -0.157. The van der Waals surface area contributed by atoms with Gasteiger partial charge in [-0.3, -0.25) is 4.79 Å². The highest BCUT2D eigenvalue weighted by atomic mass is 35.5. The van der Waals surface area contributed by atoms with E-state index in [1.54, 1.807) is 18.2 Å². The van der Waals surface area contributed by atoms with Crippen molar-refractivity contribution in [3.63, 3.8) is 0 Å². The Labute approximate surface area is 146 Å². The molecule has 23 heavy (non-hydrogen) atoms. The van der Waals surface area contributed by atoms with Gasteiger partial charge in [-0.2, -0.15) is 5.26 Å². The number of nitrogens with zero attached hydrogens (tertiary/aromatic N) is 1. The van der Waals surface area contributed by atoms with E-state index in [-0.39, 0.29) is 12.4 Å². The van der Waals surface area contributed by atoms with Crippen molar-refractivity contribution < 1.29 is 19.3 Å². The van der Waals surface area contributed by atoms with Crippen molar-refractivity contribution in [2.24, 2.45) is 0 Å². The summed E-state index contributed by atoms with van der Waals surface area (Å²) in [5, 5.41) is 10.6. The first-order valence-electron chi connectivity index (χ1n) is 7.08. The zero-order chi connectivity index (χ0) is 17.3. The molecule has 0 aliphatic rings. The van der Waals surface area contributed by atoms with Crippen molar-refractivity contribution in [2.75, 3.05) is 20.8 Å². The van der Waals surface area contributed by atoms with E-state index < -0.39 is 5.41 Å². The van der Waals surface area contributed by atoms with Gasteiger partial charge in [0.2, 0.25) is 0 Å². The summed E-state index contributed by atoms with van der Waals surface area (Å²) in [6, 6.07) is 7.40. The predicted molar refractivity (Wildman–Crippen MR) is 87.2 cm³/mol. The van der Waals surface area contributed by atoms with Crippen LogP contribution in [0.2, 0.25) is 10.0 Å². The Balaban J connectivity index is 3.03. The third kappa shape index (κ3) is 5.67. The summed E-state index contributed by atoms with van der Waals surface area (Å²) in [5.74, 6) is -0.363. The molecule has 1 aromatic rings. The van der Waals surface area contributed by atoms with Crippen LogP contribution in [0.15, 0.2) is 18.2 Å². The first-order chi connectivity index (χ1) is 11.0. The van der Waals surface area contributed by atoms with E-state index in [1.165, 1.54) is 14.2 Å². The van der Waals surface area contributed by atoms with E-state index >= 15 is 0 Å². The van der Waals surface area contributed by atoms with E-state index in [2.05, 4.69) is 15.7 Å². The lowest BCUT2D eigenvalue weighted by Gasteiger charge is -2.27. The molecule has 1 rings (SSSR count). The molecule has 0 N–H and O–H groups in total. The smallest absolute Gasteiger partial charge is 0.305 e. The molecule has 1 aromatic carbocycles. The lowest BCUT2D eigenvalue weighted by atomic mass is 9.74. The molecule has 0 spiro atoms. The number of ether oxygens (including phenoxy) is 1. The summed E-state index contributed by atoms with van der Waals surface area (Å²) in [6.07, 6.45) is 1.53. The fourth-order valence-electron chi connectivity index (χ4n) is 2.32. The summed E-state index contributed by atoms with van der Waals surface area (Å²) in [7, 11) is 2.75. The number of carbonyl (C=O) groups excluding carboxylic acids is 1. The zero-order valence-electron chi connectivity index (χ0n) is 13.1. The van der Waals surface area contributed by atoms with E-state index in [1.807, 2.05) is 0 Å². The normalized spacial score (nSPS) is 13.2. The number of benzene rings is 1. The van der Waals surface area contributed by atoms with Gasteiger partial charge in [0.1, 0.15) is 0 Å². The van der Waals surface area contributed by atoms with Crippen LogP contribution in [0.1, 0.15) is 31.2 Å². The number of methoxy groups -OCH3 is 1. The van der Waals surface area contributed by atoms with Gasteiger partial charge < -0.3 is 4.74 Å². The minimum Gasteiger partial charge on any atom is -0.469 e. The number of hydrogen-bond donors (Lipinski definition) is 0. The van der Waals surface area contributed by atoms with E-state index in [9.17, 15) is 10.1 Å². The van der Waals surface area contributed by atoms with Crippen LogP contribution in [0.25, 0.3) is 0 Å². The Hall–Kier alpha value is -1.32. The van der Waals surface area contributed by atoms with E-state index in [0.29, 0.717) is 35.9 Å². The maximum Gasteiger partial charge on any atom is 0.305 e. The molecule has 5 nitrogen and oxygen atoms in total. The molecule has 0 aliphatic carbocycles. The maximum absolute atomic E-state index is 11.5. The van der Waals surface area contributed by atoms with Crippen molar-refractivity contribution in [1.29, 1.82) is 5.26 Å². The van der Waals surface area contributed by atoms with Gasteiger partial charge in [0, 0.05) is 6.42 Å². The third-order valence-electron chi connectivity index (χ3n) is 3.62. The molecule has 0 fully saturated rings. The second-order valence-electron chi connectivity index (χ2n) is 4.99. The van der Waals surface area contributed by atoms with Crippen molar-refractivity contribution in [1.82, 2.24) is 0 Å². The van der Waals surface area contributed by atoms with Crippen molar-refractivity contribution in [3.05, 3.63) is 33.8 Å². The molecule has 0 saturated carbocycles. The fourth-order valence-corrected chi connectivity index (χ4v) is 2.62. The number of carbonyl (C=O) groups is 1. The molecule has 0 aliphatic heterocycles. The van der Waals surface area contributed by atoms with Gasteiger partial charge in [-0.25, -0.2) is 9.78 Å². The molecule has 1 unspecified atom stereocenters. The Morgan fingerprint density at radius 2 is 2.00 bits per heavy atom. The largest absolute Gasteiger partial charge is 0.469 e. The average Bonchev–Trinajstić information content (AvgIpc) is 2.57. The second kappa shape index (κ2) is 9.74. The zero-order valence-corrected chi connectivity index (χ0v) is 14.6. The molecule has 0 bridgehead atoms. The van der Waals surface area contributed by atoms with Gasteiger partial charge in [0.15, 0.2) is 0 Å². The first kappa shape index (κ1) is 19.7. The SMILES string of the molecule is COOCCCC(C#N)(CCC(=O)OC)c1ccc(Cl)c(Cl)c1. The van der Waals surface area contributed by atoms with Crippen molar-refractivity contribution >= 4 is 29.2 Å². The molecule has 1 atom stereocenters. The van der Waals surface area contributed by atoms with E-state index in [4.69, 9.17) is 28.1 Å². The predicted octanol–water partition coefficient (Wildman–Crippen LogP) is 4.07. The molecule has 7 heteroatoms. The third-order valence-corrected chi connectivity index (χ3v) is 4.36. The lowest BCUT2D eigenvalue weighted by Crippen LogP contribution is -2.26. The van der Waals surface area contributed by atoms with Crippen molar-refractivity contribution in [2.45, 2.75) is 31.1 Å². The fraction of sp³-hybridized carbons (Fsp3) is 0.500. The second-order valence-corrected chi connectivity index (χ2v) is 5.81. The van der Waals surface area contributed by atoms with Crippen LogP contribution in [-0.2, 0) is 24.7 Å². The van der Waals surface area contributed by atoms with Crippen LogP contribution in [0.4, 0.5) is 0 Å². The molecule has 0 radical (unpaired) electrons.